The SMILES string of the molecule is Oc1cc(-c2cccnc2)cc2c1OCCN(Cc1cccc(F)c1)C2. The third-order valence-corrected chi connectivity index (χ3v) is 4.48. The second kappa shape index (κ2) is 7.14. The average molecular weight is 350 g/mol. The molecule has 0 saturated heterocycles. The zero-order valence-electron chi connectivity index (χ0n) is 14.2. The van der Waals surface area contributed by atoms with Crippen molar-refractivity contribution in [2.75, 3.05) is 13.2 Å². The van der Waals surface area contributed by atoms with Crippen molar-refractivity contribution in [1.29, 1.82) is 0 Å². The summed E-state index contributed by atoms with van der Waals surface area (Å²) in [6.45, 7) is 2.42. The van der Waals surface area contributed by atoms with Crippen LogP contribution in [0.15, 0.2) is 60.9 Å². The van der Waals surface area contributed by atoms with E-state index in [2.05, 4.69) is 9.88 Å². The lowest BCUT2D eigenvalue weighted by Gasteiger charge is -2.19. The molecule has 3 aromatic rings. The van der Waals surface area contributed by atoms with Gasteiger partial charge in [-0.15, -0.1) is 0 Å². The number of fused-ring (bicyclic) bond motifs is 1. The quantitative estimate of drug-likeness (QED) is 0.776. The highest BCUT2D eigenvalue weighted by atomic mass is 19.1. The third-order valence-electron chi connectivity index (χ3n) is 4.48. The predicted molar refractivity (Wildman–Crippen MR) is 97.3 cm³/mol. The van der Waals surface area contributed by atoms with Crippen LogP contribution < -0.4 is 4.74 Å². The van der Waals surface area contributed by atoms with Gasteiger partial charge in [-0.05, 0) is 41.5 Å². The van der Waals surface area contributed by atoms with Gasteiger partial charge in [0.25, 0.3) is 0 Å². The molecule has 1 aliphatic rings. The van der Waals surface area contributed by atoms with Gasteiger partial charge in [0.1, 0.15) is 12.4 Å². The van der Waals surface area contributed by atoms with E-state index in [1.807, 2.05) is 24.3 Å². The maximum Gasteiger partial charge on any atom is 0.165 e. The summed E-state index contributed by atoms with van der Waals surface area (Å²) in [6.07, 6.45) is 3.49. The molecule has 4 nitrogen and oxygen atoms in total. The summed E-state index contributed by atoms with van der Waals surface area (Å²) >= 11 is 0. The molecule has 2 heterocycles. The molecule has 1 N–H and O–H groups in total. The highest BCUT2D eigenvalue weighted by Crippen LogP contribution is 2.37. The van der Waals surface area contributed by atoms with E-state index in [0.29, 0.717) is 32.0 Å². The fourth-order valence-corrected chi connectivity index (χ4v) is 3.28. The van der Waals surface area contributed by atoms with Gasteiger partial charge in [-0.1, -0.05) is 18.2 Å². The Hall–Kier alpha value is -2.92. The number of phenols is 1. The van der Waals surface area contributed by atoms with Gasteiger partial charge in [0.15, 0.2) is 11.5 Å². The Bertz CT molecular complexity index is 915. The van der Waals surface area contributed by atoms with Gasteiger partial charge >= 0.3 is 0 Å². The van der Waals surface area contributed by atoms with Crippen LogP contribution in [-0.2, 0) is 13.1 Å². The number of pyridine rings is 1. The van der Waals surface area contributed by atoms with Crippen molar-refractivity contribution in [3.05, 3.63) is 77.9 Å². The summed E-state index contributed by atoms with van der Waals surface area (Å²) in [6, 6.07) is 14.2. The number of aromatic nitrogens is 1. The molecule has 0 atom stereocenters. The van der Waals surface area contributed by atoms with Gasteiger partial charge in [0.05, 0.1) is 0 Å². The first-order valence-electron chi connectivity index (χ1n) is 8.55. The Morgan fingerprint density at radius 2 is 2.04 bits per heavy atom. The molecule has 0 amide bonds. The summed E-state index contributed by atoms with van der Waals surface area (Å²) in [5, 5.41) is 10.4. The summed E-state index contributed by atoms with van der Waals surface area (Å²) in [4.78, 5) is 6.33. The third kappa shape index (κ3) is 3.53. The Labute approximate surface area is 151 Å². The van der Waals surface area contributed by atoms with Crippen molar-refractivity contribution in [1.82, 2.24) is 9.88 Å². The molecule has 1 aromatic heterocycles. The smallest absolute Gasteiger partial charge is 0.165 e. The number of nitrogens with zero attached hydrogens (tertiary/aromatic N) is 2. The van der Waals surface area contributed by atoms with E-state index in [-0.39, 0.29) is 11.6 Å². The first kappa shape index (κ1) is 16.5. The van der Waals surface area contributed by atoms with Gasteiger partial charge in [-0.2, -0.15) is 0 Å². The van der Waals surface area contributed by atoms with Crippen LogP contribution in [-0.4, -0.2) is 28.1 Å². The topological polar surface area (TPSA) is 45.6 Å². The largest absolute Gasteiger partial charge is 0.504 e. The Morgan fingerprint density at radius 3 is 2.85 bits per heavy atom. The fourth-order valence-electron chi connectivity index (χ4n) is 3.28. The number of benzene rings is 2. The van der Waals surface area contributed by atoms with Crippen LogP contribution in [0.3, 0.4) is 0 Å². The Kier molecular flexibility index (Phi) is 4.54. The van der Waals surface area contributed by atoms with Gasteiger partial charge < -0.3 is 9.84 Å². The molecular weight excluding hydrogens is 331 g/mol. The van der Waals surface area contributed by atoms with E-state index in [4.69, 9.17) is 4.74 Å². The number of aromatic hydroxyl groups is 1. The predicted octanol–water partition coefficient (Wildman–Crippen LogP) is 3.99. The lowest BCUT2D eigenvalue weighted by molar-refractivity contribution is 0.217. The normalized spacial score (nSPS) is 14.3. The van der Waals surface area contributed by atoms with E-state index in [0.717, 1.165) is 22.3 Å². The van der Waals surface area contributed by atoms with Crippen molar-refractivity contribution in [2.24, 2.45) is 0 Å². The molecule has 132 valence electrons. The number of rotatable bonds is 3. The van der Waals surface area contributed by atoms with Crippen molar-refractivity contribution >= 4 is 0 Å². The van der Waals surface area contributed by atoms with Crippen LogP contribution in [0, 0.1) is 5.82 Å². The molecule has 5 heteroatoms. The van der Waals surface area contributed by atoms with Gasteiger partial charge in [0.2, 0.25) is 0 Å². The van der Waals surface area contributed by atoms with Crippen LogP contribution in [0.1, 0.15) is 11.1 Å². The van der Waals surface area contributed by atoms with E-state index >= 15 is 0 Å². The summed E-state index contributed by atoms with van der Waals surface area (Å²) < 4.78 is 19.2. The number of hydrogen-bond donors (Lipinski definition) is 1. The van der Waals surface area contributed by atoms with Gasteiger partial charge in [-0.25, -0.2) is 4.39 Å². The van der Waals surface area contributed by atoms with Crippen molar-refractivity contribution in [2.45, 2.75) is 13.1 Å². The van der Waals surface area contributed by atoms with E-state index in [1.165, 1.54) is 6.07 Å². The van der Waals surface area contributed by atoms with E-state index in [1.54, 1.807) is 30.6 Å². The fraction of sp³-hybridized carbons (Fsp3) is 0.190. The molecule has 26 heavy (non-hydrogen) atoms. The van der Waals surface area contributed by atoms with Gasteiger partial charge in [-0.3, -0.25) is 9.88 Å². The summed E-state index contributed by atoms with van der Waals surface area (Å²) in [5.74, 6) is 0.429. The average Bonchev–Trinajstić information content (AvgIpc) is 2.84. The first-order chi connectivity index (χ1) is 12.7. The zero-order chi connectivity index (χ0) is 17.9. The second-order valence-electron chi connectivity index (χ2n) is 6.41. The minimum atomic E-state index is -0.231. The van der Waals surface area contributed by atoms with E-state index < -0.39 is 0 Å². The molecule has 0 fully saturated rings. The minimum Gasteiger partial charge on any atom is -0.504 e. The number of halogens is 1. The second-order valence-corrected chi connectivity index (χ2v) is 6.41. The molecule has 4 rings (SSSR count). The zero-order valence-corrected chi connectivity index (χ0v) is 14.2. The van der Waals surface area contributed by atoms with Crippen LogP contribution >= 0.6 is 0 Å². The van der Waals surface area contributed by atoms with Crippen LogP contribution in [0.5, 0.6) is 11.5 Å². The molecule has 1 aliphatic heterocycles. The molecule has 0 aliphatic carbocycles. The van der Waals surface area contributed by atoms with Crippen molar-refractivity contribution in [3.8, 4) is 22.6 Å². The van der Waals surface area contributed by atoms with Crippen molar-refractivity contribution < 1.29 is 14.2 Å². The summed E-state index contributed by atoms with van der Waals surface area (Å²) in [7, 11) is 0. The number of phenolic OH excluding ortho intramolecular Hbond substituents is 1. The molecule has 0 unspecified atom stereocenters. The number of hydrogen-bond acceptors (Lipinski definition) is 4. The molecule has 2 aromatic carbocycles. The van der Waals surface area contributed by atoms with Gasteiger partial charge in [0, 0.05) is 43.2 Å². The van der Waals surface area contributed by atoms with E-state index in [9.17, 15) is 9.50 Å². The van der Waals surface area contributed by atoms with Crippen LogP contribution in [0.4, 0.5) is 4.39 Å². The summed E-state index contributed by atoms with van der Waals surface area (Å²) in [5.41, 5.74) is 3.66. The number of ether oxygens (including phenoxy) is 1. The highest BCUT2D eigenvalue weighted by Gasteiger charge is 2.20. The Morgan fingerprint density at radius 1 is 1.12 bits per heavy atom. The highest BCUT2D eigenvalue weighted by molar-refractivity contribution is 5.68. The monoisotopic (exact) mass is 350 g/mol. The molecule has 0 saturated carbocycles. The maximum absolute atomic E-state index is 13.5. The van der Waals surface area contributed by atoms with Crippen molar-refractivity contribution in [3.63, 3.8) is 0 Å². The minimum absolute atomic E-state index is 0.133. The first-order valence-corrected chi connectivity index (χ1v) is 8.55. The lowest BCUT2D eigenvalue weighted by atomic mass is 10.0. The Balaban J connectivity index is 1.63. The molecule has 0 radical (unpaired) electrons. The van der Waals surface area contributed by atoms with Crippen LogP contribution in [0.25, 0.3) is 11.1 Å². The molecular formula is C21H19FN2O2. The molecule has 0 spiro atoms. The maximum atomic E-state index is 13.5. The standard InChI is InChI=1S/C21H19FN2O2/c22-19-5-1-3-15(9-19)13-24-7-8-26-21-18(14-24)10-17(11-20(21)25)16-4-2-6-23-12-16/h1-6,9-12,25H,7-8,13-14H2. The molecule has 0 bridgehead atoms. The lowest BCUT2D eigenvalue weighted by Crippen LogP contribution is -2.25. The van der Waals surface area contributed by atoms with Crippen LogP contribution in [0.2, 0.25) is 0 Å².